The Morgan fingerprint density at radius 1 is 1.18 bits per heavy atom. The molecule has 1 rings (SSSR count). The molecular weight excluding hydrogens is 231 g/mol. The van der Waals surface area contributed by atoms with Gasteiger partial charge in [0.1, 0.15) is 6.42 Å². The molecule has 17 heavy (non-hydrogen) atoms. The number of rotatable bonds is 3. The molecule has 0 amide bonds. The van der Waals surface area contributed by atoms with Gasteiger partial charge in [0, 0.05) is 0 Å². The summed E-state index contributed by atoms with van der Waals surface area (Å²) in [5, 5.41) is 15.4. The zero-order chi connectivity index (χ0) is 12.6. The van der Waals surface area contributed by atoms with Crippen LogP contribution in [0.3, 0.4) is 0 Å². The molecule has 0 aliphatic rings. The molecule has 1 atom stereocenters. The molecular formula is C12H15NaO4. The molecule has 0 spiro atoms. The van der Waals surface area contributed by atoms with Gasteiger partial charge in [-0.1, -0.05) is 42.8 Å². The molecule has 1 aromatic carbocycles. The van der Waals surface area contributed by atoms with Crippen LogP contribution >= 0.6 is 0 Å². The second-order valence-electron chi connectivity index (χ2n) is 3.28. The first-order valence-electron chi connectivity index (χ1n) is 4.75. The third-order valence-electron chi connectivity index (χ3n) is 1.67. The maximum Gasteiger partial charge on any atom is 1.00 e. The first-order valence-corrected chi connectivity index (χ1v) is 4.75. The van der Waals surface area contributed by atoms with E-state index in [2.05, 4.69) is 26.0 Å². The molecule has 0 aliphatic heterocycles. The maximum absolute atomic E-state index is 9.43. The Morgan fingerprint density at radius 3 is 1.76 bits per heavy atom. The quantitative estimate of drug-likeness (QED) is 0.415. The maximum atomic E-state index is 9.43. The van der Waals surface area contributed by atoms with Gasteiger partial charge < -0.3 is 17.1 Å². The fourth-order valence-corrected chi connectivity index (χ4v) is 0.911. The van der Waals surface area contributed by atoms with E-state index in [9.17, 15) is 9.59 Å². The molecule has 0 saturated carbocycles. The minimum atomic E-state index is -1.31. The number of carboxylic acid groups (broad SMARTS) is 2. The van der Waals surface area contributed by atoms with Crippen LogP contribution < -0.4 is 29.6 Å². The van der Waals surface area contributed by atoms with Crippen LogP contribution in [-0.4, -0.2) is 22.2 Å². The molecule has 0 bridgehead atoms. The molecule has 0 radical (unpaired) electrons. The zero-order valence-electron chi connectivity index (χ0n) is 10.1. The van der Waals surface area contributed by atoms with Gasteiger partial charge in [-0.15, -0.1) is 5.92 Å². The molecule has 0 heterocycles. The summed E-state index contributed by atoms with van der Waals surface area (Å²) < 4.78 is 0. The molecule has 4 nitrogen and oxygen atoms in total. The van der Waals surface area contributed by atoms with E-state index in [0.29, 0.717) is 5.92 Å². The summed E-state index contributed by atoms with van der Waals surface area (Å²) in [6, 6.07) is 10.3. The number of benzene rings is 1. The zero-order valence-corrected chi connectivity index (χ0v) is 12.1. The molecule has 1 aromatic rings. The predicted molar refractivity (Wildman–Crippen MR) is 60.1 cm³/mol. The Hall–Kier alpha value is -0.840. The van der Waals surface area contributed by atoms with E-state index in [4.69, 9.17) is 10.2 Å². The summed E-state index contributed by atoms with van der Waals surface area (Å²) in [4.78, 5) is 18.9. The number of hydrogen-bond donors (Lipinski definition) is 2. The van der Waals surface area contributed by atoms with Crippen molar-refractivity contribution in [3.8, 4) is 0 Å². The van der Waals surface area contributed by atoms with Crippen molar-refractivity contribution in [3.63, 3.8) is 0 Å². The molecule has 2 N–H and O–H groups in total. The van der Waals surface area contributed by atoms with Crippen LogP contribution in [0, 0.1) is 6.92 Å². The summed E-state index contributed by atoms with van der Waals surface area (Å²) in [5.41, 5.74) is 1.30. The largest absolute Gasteiger partial charge is 1.00 e. The van der Waals surface area contributed by atoms with Gasteiger partial charge >= 0.3 is 41.5 Å². The Morgan fingerprint density at radius 2 is 1.59 bits per heavy atom. The Labute approximate surface area is 123 Å². The average molecular weight is 246 g/mol. The van der Waals surface area contributed by atoms with E-state index in [-0.39, 0.29) is 29.6 Å². The normalized spacial score (nSPS) is 10.2. The van der Waals surface area contributed by atoms with Crippen molar-refractivity contribution in [2.75, 3.05) is 0 Å². The number of carbonyl (C=O) groups is 2. The minimum Gasteiger partial charge on any atom is -0.481 e. The second-order valence-corrected chi connectivity index (χ2v) is 3.28. The van der Waals surface area contributed by atoms with Crippen LogP contribution in [0.15, 0.2) is 30.3 Å². The van der Waals surface area contributed by atoms with E-state index in [1.807, 2.05) is 18.2 Å². The van der Waals surface area contributed by atoms with Crippen LogP contribution in [0.5, 0.6) is 0 Å². The summed E-state index contributed by atoms with van der Waals surface area (Å²) in [5.74, 6) is -2.22. The van der Waals surface area contributed by atoms with Crippen molar-refractivity contribution in [2.24, 2.45) is 0 Å². The smallest absolute Gasteiger partial charge is 0.481 e. The van der Waals surface area contributed by atoms with Gasteiger partial charge in [0.05, 0.1) is 0 Å². The Balaban J connectivity index is 0. The number of hydrogen-bond acceptors (Lipinski definition) is 2. The van der Waals surface area contributed by atoms with E-state index in [1.165, 1.54) is 5.56 Å². The third kappa shape index (κ3) is 11.4. The minimum absolute atomic E-state index is 0. The average Bonchev–Trinajstić information content (AvgIpc) is 2.17. The van der Waals surface area contributed by atoms with E-state index < -0.39 is 18.4 Å². The van der Waals surface area contributed by atoms with Crippen LogP contribution in [0.25, 0.3) is 0 Å². The van der Waals surface area contributed by atoms with Crippen LogP contribution in [-0.2, 0) is 9.59 Å². The van der Waals surface area contributed by atoms with E-state index in [0.717, 1.165) is 0 Å². The topological polar surface area (TPSA) is 74.6 Å². The van der Waals surface area contributed by atoms with Gasteiger partial charge in [0.25, 0.3) is 0 Å². The molecule has 0 aromatic heterocycles. The first-order chi connectivity index (χ1) is 7.43. The van der Waals surface area contributed by atoms with E-state index in [1.54, 1.807) is 0 Å². The van der Waals surface area contributed by atoms with Gasteiger partial charge in [-0.3, -0.25) is 9.59 Å². The molecule has 0 aliphatic carbocycles. The molecule has 5 heteroatoms. The molecule has 0 fully saturated rings. The monoisotopic (exact) mass is 246 g/mol. The SMILES string of the molecule is O=C(O)CC(=O)O.[CH2-]C(C)c1ccccc1.[Na+]. The third-order valence-corrected chi connectivity index (χ3v) is 1.67. The molecule has 1 unspecified atom stereocenters. The summed E-state index contributed by atoms with van der Waals surface area (Å²) in [7, 11) is 0. The van der Waals surface area contributed by atoms with Crippen molar-refractivity contribution < 1.29 is 49.4 Å². The fourth-order valence-electron chi connectivity index (χ4n) is 0.911. The Kier molecular flexibility index (Phi) is 11.2. The molecule has 0 saturated heterocycles. The summed E-state index contributed by atoms with van der Waals surface area (Å²) >= 11 is 0. The van der Waals surface area contributed by atoms with Crippen molar-refractivity contribution in [2.45, 2.75) is 19.3 Å². The first kappa shape index (κ1) is 18.5. The van der Waals surface area contributed by atoms with Crippen molar-refractivity contribution in [3.05, 3.63) is 42.8 Å². The van der Waals surface area contributed by atoms with E-state index >= 15 is 0 Å². The standard InChI is InChI=1S/C9H11.C3H4O4.Na/c1-8(2)9-6-4-3-5-7-9;4-2(5)1-3(6)7;/h3-8H,1H2,2H3;1H2,(H,4,5)(H,6,7);/q-1;;+1. The van der Waals surface area contributed by atoms with Crippen molar-refractivity contribution in [1.82, 2.24) is 0 Å². The Bertz CT molecular complexity index is 324. The van der Waals surface area contributed by atoms with Gasteiger partial charge in [-0.2, -0.15) is 0 Å². The predicted octanol–water partition coefficient (Wildman–Crippen LogP) is -0.826. The van der Waals surface area contributed by atoms with Gasteiger partial charge in [0.2, 0.25) is 0 Å². The molecule has 88 valence electrons. The fraction of sp³-hybridized carbons (Fsp3) is 0.250. The van der Waals surface area contributed by atoms with Gasteiger partial charge in [0.15, 0.2) is 0 Å². The van der Waals surface area contributed by atoms with Gasteiger partial charge in [-0.25, -0.2) is 0 Å². The summed E-state index contributed by atoms with van der Waals surface area (Å²) in [6.45, 7) is 6.00. The van der Waals surface area contributed by atoms with Crippen LogP contribution in [0.2, 0.25) is 0 Å². The second kappa shape index (κ2) is 10.3. The van der Waals surface area contributed by atoms with Gasteiger partial charge in [-0.05, 0) is 0 Å². The van der Waals surface area contributed by atoms with Crippen LogP contribution in [0.1, 0.15) is 24.8 Å². The van der Waals surface area contributed by atoms with Crippen LogP contribution in [0.4, 0.5) is 0 Å². The number of aliphatic carboxylic acids is 2. The summed E-state index contributed by atoms with van der Waals surface area (Å²) in [6.07, 6.45) is -0.806. The van der Waals surface area contributed by atoms with Crippen molar-refractivity contribution in [1.29, 1.82) is 0 Å². The van der Waals surface area contributed by atoms with Crippen molar-refractivity contribution >= 4 is 11.9 Å². The number of carboxylic acids is 2.